The molecule has 0 unspecified atom stereocenters. The summed E-state index contributed by atoms with van der Waals surface area (Å²) in [6.45, 7) is 15.4. The van der Waals surface area contributed by atoms with E-state index >= 15 is 0 Å². The van der Waals surface area contributed by atoms with Crippen LogP contribution in [0.3, 0.4) is 0 Å². The molecule has 0 heterocycles. The molecule has 2 aromatic carbocycles. The Labute approximate surface area is 145 Å². The van der Waals surface area contributed by atoms with Crippen LogP contribution in [0, 0.1) is 13.8 Å². The summed E-state index contributed by atoms with van der Waals surface area (Å²) < 4.78 is 0. The second-order valence-electron chi connectivity index (χ2n) is 2.97. The van der Waals surface area contributed by atoms with E-state index in [0.717, 1.165) is 11.1 Å². The standard InChI is InChI=1S/2C7H7.2C2H6.Y/c2*1-7-5-3-2-4-6-7;2*1-2;/h2*2-6H,1H2;2*1-2H3;/q2*-1;;;. The van der Waals surface area contributed by atoms with Crippen molar-refractivity contribution in [2.75, 3.05) is 0 Å². The number of hydrogen-bond donors (Lipinski definition) is 0. The molecule has 2 aromatic rings. The van der Waals surface area contributed by atoms with Gasteiger partial charge in [0.05, 0.1) is 0 Å². The minimum atomic E-state index is 0. The quantitative estimate of drug-likeness (QED) is 0.536. The van der Waals surface area contributed by atoms with Crippen molar-refractivity contribution in [3.63, 3.8) is 0 Å². The van der Waals surface area contributed by atoms with Gasteiger partial charge in [-0.1, -0.05) is 39.8 Å². The number of benzene rings is 2. The predicted molar refractivity (Wildman–Crippen MR) is 84.5 cm³/mol. The average molecular weight is 331 g/mol. The van der Waals surface area contributed by atoms with E-state index in [1.807, 2.05) is 88.4 Å². The van der Waals surface area contributed by atoms with Gasteiger partial charge < -0.3 is 0 Å². The molecule has 0 spiro atoms. The minimum Gasteiger partial charge on any atom is -0.199 e. The molecule has 0 aliphatic rings. The Kier molecular flexibility index (Phi) is 24.1. The first-order chi connectivity index (χ1) is 8.79. The molecular weight excluding hydrogens is 305 g/mol. The van der Waals surface area contributed by atoms with Gasteiger partial charge in [0.25, 0.3) is 0 Å². The van der Waals surface area contributed by atoms with E-state index in [1.54, 1.807) is 0 Å². The maximum Gasteiger partial charge on any atom is 0 e. The molecule has 0 nitrogen and oxygen atoms in total. The molecule has 0 N–H and O–H groups in total. The summed E-state index contributed by atoms with van der Waals surface area (Å²) in [7, 11) is 0. The van der Waals surface area contributed by atoms with E-state index in [0.29, 0.717) is 0 Å². The zero-order valence-corrected chi connectivity index (χ0v) is 15.6. The van der Waals surface area contributed by atoms with Gasteiger partial charge in [-0.05, 0) is 0 Å². The van der Waals surface area contributed by atoms with E-state index in [4.69, 9.17) is 0 Å². The summed E-state index contributed by atoms with van der Waals surface area (Å²) >= 11 is 0. The Morgan fingerprint density at radius 1 is 0.526 bits per heavy atom. The van der Waals surface area contributed by atoms with Crippen molar-refractivity contribution in [2.45, 2.75) is 27.7 Å². The maximum atomic E-state index is 3.72. The Balaban J connectivity index is -0.000000205. The zero-order chi connectivity index (χ0) is 14.2. The molecule has 2 rings (SSSR count). The second-order valence-corrected chi connectivity index (χ2v) is 2.97. The Bertz CT molecular complexity index is 303. The number of rotatable bonds is 0. The van der Waals surface area contributed by atoms with Gasteiger partial charge in [-0.2, -0.15) is 49.2 Å². The third-order valence-electron chi connectivity index (χ3n) is 1.69. The van der Waals surface area contributed by atoms with Gasteiger partial charge in [0.15, 0.2) is 0 Å². The first-order valence-electron chi connectivity index (χ1n) is 6.53. The van der Waals surface area contributed by atoms with Gasteiger partial charge in [-0.3, -0.25) is 0 Å². The molecule has 0 aliphatic carbocycles. The van der Waals surface area contributed by atoms with E-state index in [1.165, 1.54) is 0 Å². The van der Waals surface area contributed by atoms with Gasteiger partial charge in [0.1, 0.15) is 0 Å². The second kappa shape index (κ2) is 19.6. The summed E-state index contributed by atoms with van der Waals surface area (Å²) in [6, 6.07) is 19.7. The fraction of sp³-hybridized carbons (Fsp3) is 0.222. The first kappa shape index (κ1) is 23.4. The van der Waals surface area contributed by atoms with Crippen LogP contribution in [0.2, 0.25) is 0 Å². The van der Waals surface area contributed by atoms with Crippen LogP contribution in [0.25, 0.3) is 0 Å². The van der Waals surface area contributed by atoms with Crippen LogP contribution in [0.15, 0.2) is 60.7 Å². The summed E-state index contributed by atoms with van der Waals surface area (Å²) in [6.07, 6.45) is 0. The summed E-state index contributed by atoms with van der Waals surface area (Å²) in [5, 5.41) is 0. The van der Waals surface area contributed by atoms with Crippen molar-refractivity contribution in [3.05, 3.63) is 85.6 Å². The van der Waals surface area contributed by atoms with Crippen LogP contribution in [-0.4, -0.2) is 0 Å². The molecule has 1 radical (unpaired) electrons. The van der Waals surface area contributed by atoms with Crippen LogP contribution in [-0.2, 0) is 32.7 Å². The topological polar surface area (TPSA) is 0 Å². The fourth-order valence-corrected chi connectivity index (χ4v) is 0.956. The molecule has 0 bridgehead atoms. The van der Waals surface area contributed by atoms with E-state index in [-0.39, 0.29) is 32.7 Å². The molecule has 0 atom stereocenters. The van der Waals surface area contributed by atoms with E-state index < -0.39 is 0 Å². The molecular formula is C18H26Y-2. The minimum absolute atomic E-state index is 0. The monoisotopic (exact) mass is 331 g/mol. The molecule has 0 amide bonds. The van der Waals surface area contributed by atoms with Crippen molar-refractivity contribution in [1.82, 2.24) is 0 Å². The Hall–Kier alpha value is -0.716. The van der Waals surface area contributed by atoms with Crippen molar-refractivity contribution in [3.8, 4) is 0 Å². The fourth-order valence-electron chi connectivity index (χ4n) is 0.956. The van der Waals surface area contributed by atoms with E-state index in [9.17, 15) is 0 Å². The smallest absolute Gasteiger partial charge is 0 e. The van der Waals surface area contributed by atoms with Gasteiger partial charge in [-0.25, -0.2) is 0 Å². The van der Waals surface area contributed by atoms with Crippen LogP contribution < -0.4 is 0 Å². The van der Waals surface area contributed by atoms with Crippen molar-refractivity contribution in [1.29, 1.82) is 0 Å². The van der Waals surface area contributed by atoms with Crippen molar-refractivity contribution in [2.24, 2.45) is 0 Å². The molecule has 1 heteroatoms. The first-order valence-corrected chi connectivity index (χ1v) is 6.53. The normalized spacial score (nSPS) is 6.95. The molecule has 0 aromatic heterocycles. The predicted octanol–water partition coefficient (Wildman–Crippen LogP) is 5.79. The third-order valence-corrected chi connectivity index (χ3v) is 1.69. The average Bonchev–Trinajstić information content (AvgIpc) is 2.46. The van der Waals surface area contributed by atoms with Crippen LogP contribution in [0.4, 0.5) is 0 Å². The summed E-state index contributed by atoms with van der Waals surface area (Å²) in [5.41, 5.74) is 2.14. The molecule has 103 valence electrons. The van der Waals surface area contributed by atoms with Gasteiger partial charge in [-0.15, -0.1) is 24.3 Å². The van der Waals surface area contributed by atoms with Crippen LogP contribution >= 0.6 is 0 Å². The van der Waals surface area contributed by atoms with Gasteiger partial charge in [0, 0.05) is 32.7 Å². The Morgan fingerprint density at radius 3 is 0.842 bits per heavy atom. The molecule has 0 saturated carbocycles. The molecule has 0 aliphatic heterocycles. The SMILES string of the molecule is CC.CC.[CH2-]c1ccccc1.[CH2-]c1ccccc1.[Y]. The summed E-state index contributed by atoms with van der Waals surface area (Å²) in [5.74, 6) is 0. The van der Waals surface area contributed by atoms with Crippen molar-refractivity contribution < 1.29 is 32.7 Å². The number of hydrogen-bond acceptors (Lipinski definition) is 0. The van der Waals surface area contributed by atoms with Crippen LogP contribution in [0.1, 0.15) is 38.8 Å². The van der Waals surface area contributed by atoms with E-state index in [2.05, 4.69) is 13.8 Å². The van der Waals surface area contributed by atoms with Crippen molar-refractivity contribution >= 4 is 0 Å². The van der Waals surface area contributed by atoms with Gasteiger partial charge in [0.2, 0.25) is 0 Å². The maximum absolute atomic E-state index is 3.72. The molecule has 19 heavy (non-hydrogen) atoms. The van der Waals surface area contributed by atoms with Gasteiger partial charge >= 0.3 is 0 Å². The zero-order valence-electron chi connectivity index (χ0n) is 12.8. The Morgan fingerprint density at radius 2 is 0.737 bits per heavy atom. The molecule has 0 saturated heterocycles. The largest absolute Gasteiger partial charge is 0.199 e. The molecule has 0 fully saturated rings. The van der Waals surface area contributed by atoms with Crippen LogP contribution in [0.5, 0.6) is 0 Å². The third kappa shape index (κ3) is 17.3. The summed E-state index contributed by atoms with van der Waals surface area (Å²) in [4.78, 5) is 0.